The summed E-state index contributed by atoms with van der Waals surface area (Å²) in [6.45, 7) is 0.363. The van der Waals surface area contributed by atoms with Crippen molar-refractivity contribution in [2.45, 2.75) is 6.54 Å². The van der Waals surface area contributed by atoms with Crippen LogP contribution >= 0.6 is 11.6 Å². The summed E-state index contributed by atoms with van der Waals surface area (Å²) < 4.78 is 18.5. The van der Waals surface area contributed by atoms with E-state index in [-0.39, 0.29) is 5.02 Å². The van der Waals surface area contributed by atoms with Crippen LogP contribution in [0.5, 0.6) is 0 Å². The van der Waals surface area contributed by atoms with Crippen LogP contribution in [0, 0.1) is 5.82 Å². The van der Waals surface area contributed by atoms with Gasteiger partial charge in [-0.1, -0.05) is 41.9 Å². The van der Waals surface area contributed by atoms with E-state index in [1.807, 2.05) is 30.3 Å². The first-order valence-electron chi connectivity index (χ1n) is 7.75. The summed E-state index contributed by atoms with van der Waals surface area (Å²) in [6.07, 6.45) is 0. The van der Waals surface area contributed by atoms with Crippen LogP contribution < -0.4 is 10.9 Å². The molecule has 0 aliphatic rings. The second-order valence-corrected chi connectivity index (χ2v) is 6.14. The topological polar surface area (TPSA) is 42.2 Å². The molecule has 0 saturated carbocycles. The van der Waals surface area contributed by atoms with Crippen molar-refractivity contribution in [3.05, 3.63) is 87.5 Å². The van der Waals surface area contributed by atoms with Gasteiger partial charge >= 0.3 is 5.63 Å². The lowest BCUT2D eigenvalue weighted by molar-refractivity contribution is 0.559. The molecule has 0 aliphatic heterocycles. The highest BCUT2D eigenvalue weighted by molar-refractivity contribution is 6.33. The fourth-order valence-corrected chi connectivity index (χ4v) is 3.22. The Kier molecular flexibility index (Phi) is 3.90. The maximum atomic E-state index is 13.2. The molecule has 0 atom stereocenters. The van der Waals surface area contributed by atoms with E-state index in [4.69, 9.17) is 16.0 Å². The first-order chi connectivity index (χ1) is 12.1. The SMILES string of the molecule is O=c1cc(CNc2ccc(F)cc2Cl)c2c(ccc3ccccc32)o1. The predicted molar refractivity (Wildman–Crippen MR) is 98.7 cm³/mol. The molecule has 3 aromatic carbocycles. The van der Waals surface area contributed by atoms with Crippen LogP contribution in [0.25, 0.3) is 21.7 Å². The Morgan fingerprint density at radius 3 is 2.72 bits per heavy atom. The van der Waals surface area contributed by atoms with Gasteiger partial charge in [0.2, 0.25) is 0 Å². The number of rotatable bonds is 3. The van der Waals surface area contributed by atoms with Crippen LogP contribution in [0.15, 0.2) is 69.9 Å². The van der Waals surface area contributed by atoms with Crippen molar-refractivity contribution in [1.29, 1.82) is 0 Å². The van der Waals surface area contributed by atoms with Crippen molar-refractivity contribution in [3.8, 4) is 0 Å². The van der Waals surface area contributed by atoms with Crippen LogP contribution in [-0.2, 0) is 6.54 Å². The van der Waals surface area contributed by atoms with Gasteiger partial charge in [0.15, 0.2) is 0 Å². The van der Waals surface area contributed by atoms with E-state index in [2.05, 4.69) is 5.32 Å². The van der Waals surface area contributed by atoms with E-state index < -0.39 is 11.4 Å². The first kappa shape index (κ1) is 15.7. The van der Waals surface area contributed by atoms with E-state index >= 15 is 0 Å². The summed E-state index contributed by atoms with van der Waals surface area (Å²) in [4.78, 5) is 11.9. The molecule has 1 N–H and O–H groups in total. The Balaban J connectivity index is 1.83. The zero-order valence-corrected chi connectivity index (χ0v) is 13.8. The summed E-state index contributed by atoms with van der Waals surface area (Å²) in [5.74, 6) is -0.396. The van der Waals surface area contributed by atoms with Crippen LogP contribution in [0.2, 0.25) is 5.02 Å². The molecule has 1 aromatic heterocycles. The van der Waals surface area contributed by atoms with E-state index in [9.17, 15) is 9.18 Å². The van der Waals surface area contributed by atoms with Gasteiger partial charge in [-0.25, -0.2) is 9.18 Å². The van der Waals surface area contributed by atoms with Gasteiger partial charge in [-0.15, -0.1) is 0 Å². The molecule has 0 bridgehead atoms. The number of fused-ring (bicyclic) bond motifs is 3. The smallest absolute Gasteiger partial charge is 0.336 e. The van der Waals surface area contributed by atoms with Crippen LogP contribution in [-0.4, -0.2) is 0 Å². The van der Waals surface area contributed by atoms with E-state index in [0.29, 0.717) is 17.8 Å². The quantitative estimate of drug-likeness (QED) is 0.398. The molecule has 5 heteroatoms. The molecule has 0 radical (unpaired) electrons. The molecule has 1 heterocycles. The minimum atomic E-state index is -0.412. The molecule has 4 aromatic rings. The normalized spacial score (nSPS) is 11.1. The monoisotopic (exact) mass is 353 g/mol. The highest BCUT2D eigenvalue weighted by Gasteiger charge is 2.10. The molecule has 0 fully saturated rings. The molecule has 0 unspecified atom stereocenters. The third-order valence-electron chi connectivity index (χ3n) is 4.11. The zero-order valence-electron chi connectivity index (χ0n) is 13.1. The molecule has 0 saturated heterocycles. The fourth-order valence-electron chi connectivity index (χ4n) is 2.98. The fraction of sp³-hybridized carbons (Fsp3) is 0.0500. The van der Waals surface area contributed by atoms with Gasteiger partial charge in [0, 0.05) is 18.0 Å². The number of hydrogen-bond acceptors (Lipinski definition) is 3. The zero-order chi connectivity index (χ0) is 17.4. The predicted octanol–water partition coefficient (Wildman–Crippen LogP) is 5.35. The highest BCUT2D eigenvalue weighted by atomic mass is 35.5. The number of nitrogens with one attached hydrogen (secondary N) is 1. The van der Waals surface area contributed by atoms with Crippen molar-refractivity contribution in [2.24, 2.45) is 0 Å². The minimum absolute atomic E-state index is 0.289. The standard InChI is InChI=1S/C20H13ClFNO2/c21-16-10-14(22)6-7-17(16)23-11-13-9-19(24)25-18-8-5-12-3-1-2-4-15(12)20(13)18/h1-10,23H,11H2. The molecule has 4 rings (SSSR count). The first-order valence-corrected chi connectivity index (χ1v) is 8.13. The Morgan fingerprint density at radius 1 is 1.04 bits per heavy atom. The second-order valence-electron chi connectivity index (χ2n) is 5.73. The van der Waals surface area contributed by atoms with Crippen molar-refractivity contribution in [2.75, 3.05) is 5.32 Å². The van der Waals surface area contributed by atoms with Crippen molar-refractivity contribution in [1.82, 2.24) is 0 Å². The lowest BCUT2D eigenvalue weighted by Gasteiger charge is -2.11. The largest absolute Gasteiger partial charge is 0.423 e. The van der Waals surface area contributed by atoms with Gasteiger partial charge in [0.1, 0.15) is 11.4 Å². The van der Waals surface area contributed by atoms with Gasteiger partial charge in [0.05, 0.1) is 10.7 Å². The van der Waals surface area contributed by atoms with Crippen molar-refractivity contribution in [3.63, 3.8) is 0 Å². The van der Waals surface area contributed by atoms with Gasteiger partial charge in [-0.2, -0.15) is 0 Å². The summed E-state index contributed by atoms with van der Waals surface area (Å²) >= 11 is 6.06. The number of hydrogen-bond donors (Lipinski definition) is 1. The molecular weight excluding hydrogens is 341 g/mol. The third kappa shape index (κ3) is 2.96. The van der Waals surface area contributed by atoms with E-state index in [1.54, 1.807) is 12.1 Å². The molecule has 0 amide bonds. The Labute approximate surface area is 147 Å². The van der Waals surface area contributed by atoms with E-state index in [0.717, 1.165) is 21.7 Å². The molecule has 124 valence electrons. The second kappa shape index (κ2) is 6.22. The lowest BCUT2D eigenvalue weighted by Crippen LogP contribution is -2.06. The molecule has 3 nitrogen and oxygen atoms in total. The minimum Gasteiger partial charge on any atom is -0.423 e. The molecule has 0 spiro atoms. The maximum absolute atomic E-state index is 13.2. The van der Waals surface area contributed by atoms with Gasteiger partial charge < -0.3 is 9.73 Å². The van der Waals surface area contributed by atoms with Crippen LogP contribution in [0.4, 0.5) is 10.1 Å². The van der Waals surface area contributed by atoms with Crippen molar-refractivity contribution >= 4 is 39.0 Å². The lowest BCUT2D eigenvalue weighted by atomic mass is 10.0. The Morgan fingerprint density at radius 2 is 1.88 bits per heavy atom. The van der Waals surface area contributed by atoms with Gasteiger partial charge in [0.25, 0.3) is 0 Å². The molecule has 25 heavy (non-hydrogen) atoms. The van der Waals surface area contributed by atoms with E-state index in [1.165, 1.54) is 18.2 Å². The highest BCUT2D eigenvalue weighted by Crippen LogP contribution is 2.29. The summed E-state index contributed by atoms with van der Waals surface area (Å²) in [7, 11) is 0. The maximum Gasteiger partial charge on any atom is 0.336 e. The van der Waals surface area contributed by atoms with Crippen molar-refractivity contribution < 1.29 is 8.81 Å². The summed E-state index contributed by atoms with van der Waals surface area (Å²) in [6, 6.07) is 17.3. The van der Waals surface area contributed by atoms with Crippen LogP contribution in [0.1, 0.15) is 5.56 Å². The third-order valence-corrected chi connectivity index (χ3v) is 4.43. The number of halogens is 2. The Hall–Kier alpha value is -2.85. The summed E-state index contributed by atoms with van der Waals surface area (Å²) in [5.41, 5.74) is 1.52. The molecule has 0 aliphatic carbocycles. The average molecular weight is 354 g/mol. The Bertz CT molecular complexity index is 1150. The number of benzene rings is 3. The van der Waals surface area contributed by atoms with Gasteiger partial charge in [-0.05, 0) is 40.6 Å². The summed E-state index contributed by atoms with van der Waals surface area (Å²) in [5, 5.41) is 6.39. The molecular formula is C20H13ClFNO2. The average Bonchev–Trinajstić information content (AvgIpc) is 2.60. The van der Waals surface area contributed by atoms with Gasteiger partial charge in [-0.3, -0.25) is 0 Å². The van der Waals surface area contributed by atoms with Crippen LogP contribution in [0.3, 0.4) is 0 Å². The number of anilines is 1.